The molecule has 0 atom stereocenters. The number of imidazole rings is 1. The lowest BCUT2D eigenvalue weighted by molar-refractivity contribution is -0.144. The molecule has 0 aliphatic heterocycles. The molecule has 0 amide bonds. The molecule has 4 rings (SSSR count). The van der Waals surface area contributed by atoms with Crippen LogP contribution in [0, 0.1) is 0 Å². The van der Waals surface area contributed by atoms with Crippen molar-refractivity contribution in [3.05, 3.63) is 30.7 Å². The van der Waals surface area contributed by atoms with E-state index in [-0.39, 0.29) is 17.5 Å². The summed E-state index contributed by atoms with van der Waals surface area (Å²) in [6.45, 7) is 0. The van der Waals surface area contributed by atoms with Crippen molar-refractivity contribution in [2.75, 3.05) is 5.32 Å². The Balaban J connectivity index is 1.93. The summed E-state index contributed by atoms with van der Waals surface area (Å²) in [6.07, 6.45) is 1.44. The summed E-state index contributed by atoms with van der Waals surface area (Å²) in [7, 11) is 0. The van der Waals surface area contributed by atoms with Gasteiger partial charge >= 0.3 is 6.18 Å². The average molecular weight is 309 g/mol. The van der Waals surface area contributed by atoms with Gasteiger partial charge in [-0.2, -0.15) is 13.2 Å². The van der Waals surface area contributed by atoms with Gasteiger partial charge in [0.2, 0.25) is 5.82 Å². The molecule has 1 N–H and O–H groups in total. The van der Waals surface area contributed by atoms with Gasteiger partial charge in [-0.25, -0.2) is 15.0 Å². The zero-order valence-electron chi connectivity index (χ0n) is 11.1. The molecule has 0 saturated heterocycles. The third-order valence-corrected chi connectivity index (χ3v) is 3.35. The van der Waals surface area contributed by atoms with Crippen LogP contribution in [0.1, 0.15) is 18.7 Å². The average Bonchev–Trinajstić information content (AvgIpc) is 2.97. The lowest BCUT2D eigenvalue weighted by Gasteiger charge is -2.10. The predicted octanol–water partition coefficient (Wildman–Crippen LogP) is 3.00. The highest BCUT2D eigenvalue weighted by atomic mass is 19.4. The maximum absolute atomic E-state index is 13.0. The van der Waals surface area contributed by atoms with Crippen molar-refractivity contribution in [1.29, 1.82) is 0 Å². The van der Waals surface area contributed by atoms with Gasteiger partial charge in [-0.15, -0.1) is 0 Å². The van der Waals surface area contributed by atoms with E-state index >= 15 is 0 Å². The quantitative estimate of drug-likeness (QED) is 0.805. The molecular weight excluding hydrogens is 299 g/mol. The molecule has 0 aromatic carbocycles. The molecule has 3 aromatic heterocycles. The highest BCUT2D eigenvalue weighted by Crippen LogP contribution is 2.33. The lowest BCUT2D eigenvalue weighted by Crippen LogP contribution is -2.15. The van der Waals surface area contributed by atoms with Gasteiger partial charge in [-0.05, 0) is 12.8 Å². The molecule has 1 aliphatic rings. The number of nitrogens with zero attached hydrogens (tertiary/aromatic N) is 4. The van der Waals surface area contributed by atoms with Crippen molar-refractivity contribution in [3.8, 4) is 5.69 Å². The fourth-order valence-corrected chi connectivity index (χ4v) is 2.13. The summed E-state index contributed by atoms with van der Waals surface area (Å²) in [6, 6.07) is 1.77. The van der Waals surface area contributed by atoms with E-state index in [2.05, 4.69) is 20.3 Å². The van der Waals surface area contributed by atoms with Crippen molar-refractivity contribution in [3.63, 3.8) is 0 Å². The first kappa shape index (κ1) is 13.1. The van der Waals surface area contributed by atoms with Crippen LogP contribution in [0.25, 0.3) is 16.9 Å². The largest absolute Gasteiger partial charge is 0.470 e. The van der Waals surface area contributed by atoms with E-state index in [1.165, 1.54) is 23.4 Å². The second-order valence-electron chi connectivity index (χ2n) is 5.08. The van der Waals surface area contributed by atoms with Gasteiger partial charge in [-0.1, -0.05) is 0 Å². The molecule has 22 heavy (non-hydrogen) atoms. The van der Waals surface area contributed by atoms with Crippen LogP contribution in [0.3, 0.4) is 0 Å². The third-order valence-electron chi connectivity index (χ3n) is 3.35. The van der Waals surface area contributed by atoms with Crippen LogP contribution in [0.5, 0.6) is 0 Å². The van der Waals surface area contributed by atoms with E-state index in [1.54, 1.807) is 6.07 Å². The zero-order valence-corrected chi connectivity index (χ0v) is 11.1. The second-order valence-corrected chi connectivity index (χ2v) is 5.08. The van der Waals surface area contributed by atoms with E-state index < -0.39 is 12.0 Å². The van der Waals surface area contributed by atoms with Gasteiger partial charge in [0.05, 0.1) is 12.0 Å². The molecule has 6 nitrogen and oxygen atoms in total. The Morgan fingerprint density at radius 2 is 2.09 bits per heavy atom. The summed E-state index contributed by atoms with van der Waals surface area (Å²) in [5.41, 5.74) is 0.944. The Bertz CT molecular complexity index is 820. The van der Waals surface area contributed by atoms with Gasteiger partial charge in [0.25, 0.3) is 0 Å². The van der Waals surface area contributed by atoms with Crippen LogP contribution in [-0.2, 0) is 6.18 Å². The van der Waals surface area contributed by atoms with E-state index in [9.17, 15) is 13.2 Å². The molecule has 3 aromatic rings. The molecule has 0 radical (unpaired) electrons. The standard InChI is InChI=1S/C13H10F3N5O/c14-13(15,16)12-19-10(18-7-1-2-7)9-11(20-12)21(6-17-9)8-3-4-22-5-8/h3-7H,1-2H2,(H,18,19,20). The van der Waals surface area contributed by atoms with Crippen LogP contribution in [0.15, 0.2) is 29.3 Å². The summed E-state index contributed by atoms with van der Waals surface area (Å²) in [5.74, 6) is -1.07. The number of rotatable bonds is 3. The van der Waals surface area contributed by atoms with Crippen molar-refractivity contribution in [1.82, 2.24) is 19.5 Å². The number of nitrogens with one attached hydrogen (secondary N) is 1. The molecule has 9 heteroatoms. The van der Waals surface area contributed by atoms with Crippen molar-refractivity contribution in [2.24, 2.45) is 0 Å². The minimum atomic E-state index is -4.63. The van der Waals surface area contributed by atoms with E-state index in [0.29, 0.717) is 11.2 Å². The number of anilines is 1. The van der Waals surface area contributed by atoms with Crippen molar-refractivity contribution in [2.45, 2.75) is 25.1 Å². The molecule has 1 aliphatic carbocycles. The second kappa shape index (κ2) is 4.46. The summed E-state index contributed by atoms with van der Waals surface area (Å²) in [5, 5.41) is 2.98. The Morgan fingerprint density at radius 1 is 1.27 bits per heavy atom. The predicted molar refractivity (Wildman–Crippen MR) is 70.6 cm³/mol. The molecule has 0 unspecified atom stereocenters. The fourth-order valence-electron chi connectivity index (χ4n) is 2.13. The molecule has 1 saturated carbocycles. The first-order valence-corrected chi connectivity index (χ1v) is 6.64. The maximum atomic E-state index is 13.0. The number of alkyl halides is 3. The molecule has 3 heterocycles. The van der Waals surface area contributed by atoms with Gasteiger partial charge in [0.15, 0.2) is 17.0 Å². The fraction of sp³-hybridized carbons (Fsp3) is 0.308. The first-order chi connectivity index (χ1) is 10.5. The normalized spacial score (nSPS) is 15.4. The zero-order chi connectivity index (χ0) is 15.3. The topological polar surface area (TPSA) is 68.8 Å². The smallest absolute Gasteiger partial charge is 0.451 e. The summed E-state index contributed by atoms with van der Waals surface area (Å²) >= 11 is 0. The van der Waals surface area contributed by atoms with Gasteiger partial charge in [0, 0.05) is 12.1 Å². The minimum absolute atomic E-state index is 0.0897. The van der Waals surface area contributed by atoms with E-state index in [0.717, 1.165) is 12.8 Å². The van der Waals surface area contributed by atoms with Crippen LogP contribution >= 0.6 is 0 Å². The van der Waals surface area contributed by atoms with Crippen LogP contribution in [-0.4, -0.2) is 25.6 Å². The maximum Gasteiger partial charge on any atom is 0.451 e. The van der Waals surface area contributed by atoms with Crippen molar-refractivity contribution >= 4 is 17.0 Å². The Hall–Kier alpha value is -2.58. The molecular formula is C13H10F3N5O. The molecule has 0 bridgehead atoms. The van der Waals surface area contributed by atoms with E-state index in [4.69, 9.17) is 4.42 Å². The minimum Gasteiger partial charge on any atom is -0.470 e. The highest BCUT2D eigenvalue weighted by Gasteiger charge is 2.37. The lowest BCUT2D eigenvalue weighted by atomic mass is 10.4. The Kier molecular flexibility index (Phi) is 2.65. The van der Waals surface area contributed by atoms with Crippen molar-refractivity contribution < 1.29 is 17.6 Å². The summed E-state index contributed by atoms with van der Waals surface area (Å²) < 4.78 is 45.5. The van der Waals surface area contributed by atoms with E-state index in [1.807, 2.05) is 0 Å². The van der Waals surface area contributed by atoms with Gasteiger partial charge < -0.3 is 9.73 Å². The monoisotopic (exact) mass is 309 g/mol. The molecule has 1 fully saturated rings. The SMILES string of the molecule is FC(F)(F)c1nc(NC2CC2)c2ncn(-c3ccoc3)c2n1. The van der Waals surface area contributed by atoms with Crippen LogP contribution in [0.2, 0.25) is 0 Å². The third kappa shape index (κ3) is 2.18. The number of fused-ring (bicyclic) bond motifs is 1. The Morgan fingerprint density at radius 3 is 2.73 bits per heavy atom. The number of hydrogen-bond acceptors (Lipinski definition) is 5. The number of hydrogen-bond donors (Lipinski definition) is 1. The van der Waals surface area contributed by atoms with Crippen LogP contribution in [0.4, 0.5) is 19.0 Å². The highest BCUT2D eigenvalue weighted by molar-refractivity contribution is 5.84. The number of aromatic nitrogens is 4. The molecule has 114 valence electrons. The van der Waals surface area contributed by atoms with Gasteiger partial charge in [-0.3, -0.25) is 4.57 Å². The Labute approximate surface area is 122 Å². The van der Waals surface area contributed by atoms with Gasteiger partial charge in [0.1, 0.15) is 12.6 Å². The number of furan rings is 1. The van der Waals surface area contributed by atoms with Crippen LogP contribution < -0.4 is 5.32 Å². The molecule has 0 spiro atoms. The summed E-state index contributed by atoms with van der Waals surface area (Å²) in [4.78, 5) is 11.4. The number of halogens is 3. The first-order valence-electron chi connectivity index (χ1n) is 6.64.